The molecule has 2 unspecified atom stereocenters. The van der Waals surface area contributed by atoms with Gasteiger partial charge in [0.25, 0.3) is 0 Å². The van der Waals surface area contributed by atoms with Crippen LogP contribution in [0.4, 0.5) is 0 Å². The number of carbonyl (C=O) groups excluding carboxylic acids is 1. The number of rotatable bonds is 9. The molecule has 0 aromatic heterocycles. The van der Waals surface area contributed by atoms with Crippen molar-refractivity contribution >= 4 is 5.97 Å². The van der Waals surface area contributed by atoms with E-state index >= 15 is 0 Å². The van der Waals surface area contributed by atoms with Crippen LogP contribution in [0.1, 0.15) is 65.9 Å². The normalized spacial score (nSPS) is 13.9. The molecule has 0 saturated carbocycles. The largest absolute Gasteiger partial charge is 0.461 e. The molecule has 0 bridgehead atoms. The molecule has 23 heavy (non-hydrogen) atoms. The van der Waals surface area contributed by atoms with Gasteiger partial charge < -0.3 is 4.74 Å². The summed E-state index contributed by atoms with van der Waals surface area (Å²) in [5, 5.41) is 0. The molecule has 130 valence electrons. The smallest absolute Gasteiger partial charge is 0.339 e. The number of carbonyl (C=O) groups is 1. The molecule has 1 rings (SSSR count). The summed E-state index contributed by atoms with van der Waals surface area (Å²) in [6, 6.07) is 8.12. The van der Waals surface area contributed by atoms with Crippen LogP contribution in [0.5, 0.6) is 5.75 Å². The van der Waals surface area contributed by atoms with Crippen LogP contribution in [0.3, 0.4) is 0 Å². The van der Waals surface area contributed by atoms with Crippen molar-refractivity contribution in [2.45, 2.75) is 66.6 Å². The summed E-state index contributed by atoms with van der Waals surface area (Å²) in [6.07, 6.45) is 1.16. The molecular formula is C19H30O4. The molecule has 0 N–H and O–H groups in total. The number of benzene rings is 1. The van der Waals surface area contributed by atoms with Gasteiger partial charge in [0.1, 0.15) is 5.75 Å². The van der Waals surface area contributed by atoms with E-state index in [1.807, 2.05) is 19.1 Å². The first kappa shape index (κ1) is 19.5. The Balaban J connectivity index is 2.72. The lowest BCUT2D eigenvalue weighted by molar-refractivity contribution is -0.333. The van der Waals surface area contributed by atoms with Crippen LogP contribution in [-0.4, -0.2) is 12.3 Å². The van der Waals surface area contributed by atoms with Gasteiger partial charge in [-0.1, -0.05) is 46.8 Å². The van der Waals surface area contributed by atoms with Gasteiger partial charge in [0.15, 0.2) is 0 Å². The second-order valence-corrected chi connectivity index (χ2v) is 6.68. The van der Waals surface area contributed by atoms with Gasteiger partial charge in [-0.05, 0) is 41.9 Å². The minimum absolute atomic E-state index is 0.490. The van der Waals surface area contributed by atoms with Gasteiger partial charge in [0.05, 0.1) is 0 Å². The third kappa shape index (κ3) is 7.04. The molecule has 0 heterocycles. The van der Waals surface area contributed by atoms with E-state index in [1.54, 1.807) is 0 Å². The first-order valence-corrected chi connectivity index (χ1v) is 8.44. The molecular weight excluding hydrogens is 292 g/mol. The third-order valence-corrected chi connectivity index (χ3v) is 3.71. The van der Waals surface area contributed by atoms with Crippen LogP contribution >= 0.6 is 0 Å². The second-order valence-electron chi connectivity index (χ2n) is 6.68. The van der Waals surface area contributed by atoms with Crippen LogP contribution in [0.25, 0.3) is 0 Å². The summed E-state index contributed by atoms with van der Waals surface area (Å²) in [5.41, 5.74) is 1.33. The van der Waals surface area contributed by atoms with Crippen molar-refractivity contribution < 1.29 is 19.3 Å². The van der Waals surface area contributed by atoms with E-state index in [0.717, 1.165) is 0 Å². The summed E-state index contributed by atoms with van der Waals surface area (Å²) in [7, 11) is 0. The van der Waals surface area contributed by atoms with E-state index in [1.165, 1.54) is 18.9 Å². The van der Waals surface area contributed by atoms with E-state index in [2.05, 4.69) is 44.7 Å². The molecule has 0 spiro atoms. The van der Waals surface area contributed by atoms with Crippen molar-refractivity contribution in [1.82, 2.24) is 0 Å². The van der Waals surface area contributed by atoms with Gasteiger partial charge in [-0.3, -0.25) is 4.89 Å². The van der Waals surface area contributed by atoms with Crippen LogP contribution in [0, 0.1) is 11.8 Å². The minimum Gasteiger partial charge on any atom is -0.461 e. The van der Waals surface area contributed by atoms with Crippen molar-refractivity contribution in [2.24, 2.45) is 11.8 Å². The molecule has 0 radical (unpaired) electrons. The lowest BCUT2D eigenvalue weighted by atomic mass is 9.82. The average Bonchev–Trinajstić information content (AvgIpc) is 2.49. The lowest BCUT2D eigenvalue weighted by Crippen LogP contribution is -2.21. The Morgan fingerprint density at radius 2 is 1.70 bits per heavy atom. The third-order valence-electron chi connectivity index (χ3n) is 3.71. The quantitative estimate of drug-likeness (QED) is 0.361. The topological polar surface area (TPSA) is 44.8 Å². The summed E-state index contributed by atoms with van der Waals surface area (Å²) < 4.78 is 5.69. The summed E-state index contributed by atoms with van der Waals surface area (Å²) >= 11 is 0. The fraction of sp³-hybridized carbons (Fsp3) is 0.632. The maximum Gasteiger partial charge on any atom is 0.339 e. The molecule has 0 aliphatic carbocycles. The van der Waals surface area contributed by atoms with Crippen LogP contribution in [-0.2, 0) is 14.6 Å². The van der Waals surface area contributed by atoms with Gasteiger partial charge in [-0.2, -0.15) is 0 Å². The van der Waals surface area contributed by atoms with Gasteiger partial charge >= 0.3 is 5.97 Å². The molecule has 0 saturated heterocycles. The predicted molar refractivity (Wildman–Crippen MR) is 91.0 cm³/mol. The highest BCUT2D eigenvalue weighted by Gasteiger charge is 2.18. The Bertz CT molecular complexity index is 465. The van der Waals surface area contributed by atoms with Crippen molar-refractivity contribution in [3.63, 3.8) is 0 Å². The number of ether oxygens (including phenoxy) is 1. The van der Waals surface area contributed by atoms with Crippen molar-refractivity contribution in [2.75, 3.05) is 0 Å². The van der Waals surface area contributed by atoms with Crippen molar-refractivity contribution in [3.8, 4) is 5.75 Å². The zero-order chi connectivity index (χ0) is 17.4. The first-order chi connectivity index (χ1) is 10.8. The second kappa shape index (κ2) is 9.56. The monoisotopic (exact) mass is 322 g/mol. The average molecular weight is 322 g/mol. The molecule has 4 nitrogen and oxygen atoms in total. The summed E-state index contributed by atoms with van der Waals surface area (Å²) in [4.78, 5) is 20.3. The molecule has 2 atom stereocenters. The maximum atomic E-state index is 10.8. The van der Waals surface area contributed by atoms with Crippen molar-refractivity contribution in [3.05, 3.63) is 29.8 Å². The highest BCUT2D eigenvalue weighted by atomic mass is 17.2. The van der Waals surface area contributed by atoms with Crippen molar-refractivity contribution in [1.29, 1.82) is 0 Å². The maximum absolute atomic E-state index is 10.8. The molecule has 0 fully saturated rings. The molecule has 1 aromatic rings. The number of hydrogen-bond acceptors (Lipinski definition) is 4. The van der Waals surface area contributed by atoms with Gasteiger partial charge in [0, 0.05) is 13.3 Å². The predicted octanol–water partition coefficient (Wildman–Crippen LogP) is 5.08. The summed E-state index contributed by atoms with van der Waals surface area (Å²) in [6.45, 7) is 12.2. The Labute approximate surface area is 140 Å². The van der Waals surface area contributed by atoms with E-state index in [0.29, 0.717) is 29.9 Å². The summed E-state index contributed by atoms with van der Waals surface area (Å²) in [5.74, 6) is 2.03. The number of hydrogen-bond donors (Lipinski definition) is 0. The Hall–Kier alpha value is -1.55. The fourth-order valence-electron chi connectivity index (χ4n) is 2.54. The molecule has 0 aliphatic rings. The van der Waals surface area contributed by atoms with Gasteiger partial charge in [0.2, 0.25) is 6.29 Å². The molecule has 1 aromatic carbocycles. The molecule has 0 amide bonds. The Morgan fingerprint density at radius 1 is 1.09 bits per heavy atom. The Kier molecular flexibility index (Phi) is 8.10. The highest BCUT2D eigenvalue weighted by molar-refractivity contribution is 5.65. The lowest BCUT2D eigenvalue weighted by Gasteiger charge is -2.24. The SMILES string of the molecule is CCC(OOC(C)=O)Oc1ccc(C(CC(C)C)C(C)C)cc1. The fourth-order valence-corrected chi connectivity index (χ4v) is 2.54. The standard InChI is InChI=1S/C19H30O4/c1-7-19(23-22-15(6)20)21-17-10-8-16(9-11-17)18(14(4)5)12-13(2)3/h8-11,13-14,18-19H,7,12H2,1-6H3. The highest BCUT2D eigenvalue weighted by Crippen LogP contribution is 2.32. The zero-order valence-electron chi connectivity index (χ0n) is 15.2. The van der Waals surface area contributed by atoms with Crippen LogP contribution < -0.4 is 4.74 Å². The van der Waals surface area contributed by atoms with Crippen LogP contribution in [0.2, 0.25) is 0 Å². The molecule has 0 aliphatic heterocycles. The minimum atomic E-state index is -0.596. The van der Waals surface area contributed by atoms with E-state index in [-0.39, 0.29) is 0 Å². The van der Waals surface area contributed by atoms with Gasteiger partial charge in [-0.15, -0.1) is 4.89 Å². The van der Waals surface area contributed by atoms with Gasteiger partial charge in [-0.25, -0.2) is 4.79 Å². The van der Waals surface area contributed by atoms with E-state index in [4.69, 9.17) is 9.62 Å². The molecule has 4 heteroatoms. The van der Waals surface area contributed by atoms with E-state index in [9.17, 15) is 4.79 Å². The Morgan fingerprint density at radius 3 is 2.13 bits per heavy atom. The first-order valence-electron chi connectivity index (χ1n) is 8.44. The van der Waals surface area contributed by atoms with E-state index < -0.39 is 12.3 Å². The van der Waals surface area contributed by atoms with Crippen LogP contribution in [0.15, 0.2) is 24.3 Å². The zero-order valence-corrected chi connectivity index (χ0v) is 15.2.